The van der Waals surface area contributed by atoms with E-state index in [1.807, 2.05) is 0 Å². The summed E-state index contributed by atoms with van der Waals surface area (Å²) in [5, 5.41) is 0. The predicted molar refractivity (Wildman–Crippen MR) is 98.9 cm³/mol. The van der Waals surface area contributed by atoms with Crippen LogP contribution in [0.4, 0.5) is 0 Å². The number of methoxy groups -OCH3 is 1. The topological polar surface area (TPSA) is 43.4 Å². The van der Waals surface area contributed by atoms with Crippen molar-refractivity contribution >= 4 is 11.8 Å². The Labute approximate surface area is 146 Å². The summed E-state index contributed by atoms with van der Waals surface area (Å²) in [6.45, 7) is 18.9. The van der Waals surface area contributed by atoms with Gasteiger partial charge in [-0.25, -0.2) is 4.79 Å². The summed E-state index contributed by atoms with van der Waals surface area (Å²) in [6, 6.07) is 4.15. The molecular weight excluding hydrogens is 300 g/mol. The summed E-state index contributed by atoms with van der Waals surface area (Å²) in [5.41, 5.74) is 2.88. The van der Waals surface area contributed by atoms with Crippen molar-refractivity contribution in [2.24, 2.45) is 0 Å². The Morgan fingerprint density at radius 2 is 1.12 bits per heavy atom. The SMILES string of the molecule is COC(=O)C(=O)c1c(C(C)(C)C)cc(C(C)(C)C)cc1C(C)(C)C. The lowest BCUT2D eigenvalue weighted by Gasteiger charge is -2.32. The second-order valence-corrected chi connectivity index (χ2v) is 9.52. The van der Waals surface area contributed by atoms with Crippen molar-refractivity contribution in [3.05, 3.63) is 34.4 Å². The normalized spacial score (nSPS) is 12.9. The van der Waals surface area contributed by atoms with Crippen molar-refractivity contribution in [1.82, 2.24) is 0 Å². The van der Waals surface area contributed by atoms with Crippen LogP contribution in [0.2, 0.25) is 0 Å². The molecule has 0 spiro atoms. The summed E-state index contributed by atoms with van der Waals surface area (Å²) in [7, 11) is 1.25. The zero-order valence-corrected chi connectivity index (χ0v) is 16.9. The number of ether oxygens (including phenoxy) is 1. The first-order valence-corrected chi connectivity index (χ1v) is 8.43. The summed E-state index contributed by atoms with van der Waals surface area (Å²) >= 11 is 0. The number of rotatable bonds is 2. The van der Waals surface area contributed by atoms with E-state index in [1.165, 1.54) is 12.7 Å². The van der Waals surface area contributed by atoms with Crippen LogP contribution in [0, 0.1) is 0 Å². The Hall–Kier alpha value is -1.64. The van der Waals surface area contributed by atoms with E-state index in [9.17, 15) is 9.59 Å². The molecule has 0 unspecified atom stereocenters. The largest absolute Gasteiger partial charge is 0.463 e. The van der Waals surface area contributed by atoms with Gasteiger partial charge in [0.1, 0.15) is 0 Å². The van der Waals surface area contributed by atoms with Gasteiger partial charge in [-0.05, 0) is 32.9 Å². The Balaban J connectivity index is 3.96. The zero-order chi connectivity index (χ0) is 19.1. The van der Waals surface area contributed by atoms with Crippen molar-refractivity contribution in [2.75, 3.05) is 7.11 Å². The Bertz CT molecular complexity index is 612. The third-order valence-electron chi connectivity index (χ3n) is 4.22. The molecule has 0 aromatic heterocycles. The van der Waals surface area contributed by atoms with Gasteiger partial charge < -0.3 is 4.74 Å². The number of hydrogen-bond acceptors (Lipinski definition) is 3. The first-order valence-electron chi connectivity index (χ1n) is 8.43. The van der Waals surface area contributed by atoms with E-state index in [1.54, 1.807) is 0 Å². The second kappa shape index (κ2) is 6.34. The Morgan fingerprint density at radius 1 is 0.750 bits per heavy atom. The average Bonchev–Trinajstić information content (AvgIpc) is 2.41. The summed E-state index contributed by atoms with van der Waals surface area (Å²) in [6.07, 6.45) is 0. The molecule has 0 aliphatic rings. The van der Waals surface area contributed by atoms with E-state index in [0.29, 0.717) is 5.56 Å². The lowest BCUT2D eigenvalue weighted by atomic mass is 9.71. The molecule has 0 bridgehead atoms. The number of esters is 1. The maximum atomic E-state index is 12.8. The Morgan fingerprint density at radius 3 is 1.38 bits per heavy atom. The van der Waals surface area contributed by atoms with E-state index >= 15 is 0 Å². The summed E-state index contributed by atoms with van der Waals surface area (Å²) in [5.74, 6) is -1.37. The molecule has 0 amide bonds. The molecule has 0 saturated heterocycles. The summed E-state index contributed by atoms with van der Waals surface area (Å²) in [4.78, 5) is 24.8. The highest BCUT2D eigenvalue weighted by atomic mass is 16.5. The molecule has 134 valence electrons. The fraction of sp³-hybridized carbons (Fsp3) is 0.619. The number of Topliss-reactive ketones (excluding diaryl/α,β-unsaturated/α-hetero) is 1. The van der Waals surface area contributed by atoms with Crippen molar-refractivity contribution in [3.8, 4) is 0 Å². The van der Waals surface area contributed by atoms with Crippen molar-refractivity contribution in [2.45, 2.75) is 78.6 Å². The van der Waals surface area contributed by atoms with Gasteiger partial charge in [-0.15, -0.1) is 0 Å². The van der Waals surface area contributed by atoms with Crippen LogP contribution in [0.5, 0.6) is 0 Å². The van der Waals surface area contributed by atoms with Gasteiger partial charge >= 0.3 is 5.97 Å². The Kier molecular flexibility index (Phi) is 5.39. The smallest absolute Gasteiger partial charge is 0.379 e. The monoisotopic (exact) mass is 332 g/mol. The van der Waals surface area contributed by atoms with Gasteiger partial charge in [0.05, 0.1) is 7.11 Å². The van der Waals surface area contributed by atoms with E-state index in [2.05, 4.69) is 74.4 Å². The first-order chi connectivity index (χ1) is 10.6. The molecule has 3 nitrogen and oxygen atoms in total. The minimum absolute atomic E-state index is 0.0488. The third kappa shape index (κ3) is 4.25. The highest BCUT2D eigenvalue weighted by Gasteiger charge is 2.34. The molecule has 24 heavy (non-hydrogen) atoms. The molecule has 0 saturated carbocycles. The van der Waals surface area contributed by atoms with E-state index < -0.39 is 11.8 Å². The van der Waals surface area contributed by atoms with Crippen LogP contribution >= 0.6 is 0 Å². The van der Waals surface area contributed by atoms with E-state index in [0.717, 1.165) is 11.1 Å². The lowest BCUT2D eigenvalue weighted by molar-refractivity contribution is -0.135. The first kappa shape index (κ1) is 20.4. The quantitative estimate of drug-likeness (QED) is 0.438. The molecule has 0 fully saturated rings. The van der Waals surface area contributed by atoms with Crippen molar-refractivity contribution in [1.29, 1.82) is 0 Å². The average molecular weight is 332 g/mol. The molecule has 0 aliphatic heterocycles. The number of carbonyl (C=O) groups is 2. The molecule has 1 aromatic rings. The van der Waals surface area contributed by atoms with Gasteiger partial charge in [0.15, 0.2) is 0 Å². The molecule has 0 atom stereocenters. The van der Waals surface area contributed by atoms with Crippen LogP contribution in [-0.2, 0) is 25.8 Å². The molecule has 0 N–H and O–H groups in total. The molecule has 0 heterocycles. The number of ketones is 1. The van der Waals surface area contributed by atoms with Gasteiger partial charge in [-0.1, -0.05) is 74.4 Å². The fourth-order valence-corrected chi connectivity index (χ4v) is 2.70. The predicted octanol–water partition coefficient (Wildman–Crippen LogP) is 4.93. The van der Waals surface area contributed by atoms with Crippen LogP contribution in [0.25, 0.3) is 0 Å². The van der Waals surface area contributed by atoms with Crippen LogP contribution in [0.3, 0.4) is 0 Å². The maximum Gasteiger partial charge on any atom is 0.379 e. The minimum Gasteiger partial charge on any atom is -0.463 e. The van der Waals surface area contributed by atoms with Crippen molar-refractivity contribution in [3.63, 3.8) is 0 Å². The van der Waals surface area contributed by atoms with Crippen LogP contribution in [0.15, 0.2) is 12.1 Å². The van der Waals surface area contributed by atoms with Gasteiger partial charge in [0, 0.05) is 5.56 Å². The van der Waals surface area contributed by atoms with E-state index in [-0.39, 0.29) is 16.2 Å². The molecular formula is C21H32O3. The number of carbonyl (C=O) groups excluding carboxylic acids is 2. The van der Waals surface area contributed by atoms with Crippen LogP contribution < -0.4 is 0 Å². The van der Waals surface area contributed by atoms with Gasteiger partial charge in [-0.2, -0.15) is 0 Å². The van der Waals surface area contributed by atoms with Gasteiger partial charge in [-0.3, -0.25) is 4.79 Å². The fourth-order valence-electron chi connectivity index (χ4n) is 2.70. The molecule has 1 aromatic carbocycles. The summed E-state index contributed by atoms with van der Waals surface area (Å²) < 4.78 is 4.71. The maximum absolute atomic E-state index is 12.8. The molecule has 0 radical (unpaired) electrons. The second-order valence-electron chi connectivity index (χ2n) is 9.52. The molecule has 3 heteroatoms. The van der Waals surface area contributed by atoms with Gasteiger partial charge in [0.25, 0.3) is 5.78 Å². The number of hydrogen-bond donors (Lipinski definition) is 0. The van der Waals surface area contributed by atoms with Crippen LogP contribution in [0.1, 0.15) is 89.4 Å². The van der Waals surface area contributed by atoms with Crippen molar-refractivity contribution < 1.29 is 14.3 Å². The molecule has 0 aliphatic carbocycles. The third-order valence-corrected chi connectivity index (χ3v) is 4.22. The zero-order valence-electron chi connectivity index (χ0n) is 16.9. The standard InChI is InChI=1S/C21H32O3/c1-19(2,3)13-11-14(20(4,5)6)16(17(22)18(23)24-10)15(12-13)21(7,8)9/h11-12H,1-10H3. The van der Waals surface area contributed by atoms with Crippen LogP contribution in [-0.4, -0.2) is 18.9 Å². The number of benzene rings is 1. The highest BCUT2D eigenvalue weighted by Crippen LogP contribution is 2.38. The lowest BCUT2D eigenvalue weighted by Crippen LogP contribution is -2.29. The molecule has 1 rings (SSSR count). The van der Waals surface area contributed by atoms with Gasteiger partial charge in [0.2, 0.25) is 0 Å². The van der Waals surface area contributed by atoms with E-state index in [4.69, 9.17) is 4.74 Å². The minimum atomic E-state index is -0.811. The highest BCUT2D eigenvalue weighted by molar-refractivity contribution is 6.41.